The number of benzene rings is 2. The molecule has 4 heteroatoms. The van der Waals surface area contributed by atoms with Crippen LogP contribution in [0.2, 0.25) is 0 Å². The van der Waals surface area contributed by atoms with Crippen LogP contribution >= 0.6 is 0 Å². The van der Waals surface area contributed by atoms with Crippen LogP contribution in [0, 0.1) is 0 Å². The van der Waals surface area contributed by atoms with Crippen LogP contribution in [0.25, 0.3) is 21.7 Å². The van der Waals surface area contributed by atoms with E-state index in [0.29, 0.717) is 18.4 Å². The number of aryl methyl sites for hydroxylation is 1. The summed E-state index contributed by atoms with van der Waals surface area (Å²) < 4.78 is 1.68. The highest BCUT2D eigenvalue weighted by Gasteiger charge is 2.10. The van der Waals surface area contributed by atoms with Crippen LogP contribution in [-0.4, -0.2) is 15.6 Å². The minimum Gasteiger partial charge on any atom is -0.481 e. The number of hydrogen-bond acceptors (Lipinski definition) is 2. The van der Waals surface area contributed by atoms with E-state index in [0.717, 1.165) is 16.3 Å². The van der Waals surface area contributed by atoms with E-state index in [1.165, 1.54) is 0 Å². The second-order valence-electron chi connectivity index (χ2n) is 5.02. The van der Waals surface area contributed by atoms with Gasteiger partial charge in [-0.3, -0.25) is 9.59 Å². The first-order valence-corrected chi connectivity index (χ1v) is 6.90. The Bertz CT molecular complexity index is 880. The van der Waals surface area contributed by atoms with Gasteiger partial charge in [-0.05, 0) is 23.9 Å². The first kappa shape index (κ1) is 13.4. The van der Waals surface area contributed by atoms with E-state index in [2.05, 4.69) is 0 Å². The fourth-order valence-electron chi connectivity index (χ4n) is 2.71. The van der Waals surface area contributed by atoms with Crippen molar-refractivity contribution in [3.05, 3.63) is 58.9 Å². The Kier molecular flexibility index (Phi) is 3.44. The zero-order valence-corrected chi connectivity index (χ0v) is 11.5. The molecule has 3 aromatic rings. The maximum Gasteiger partial charge on any atom is 0.303 e. The summed E-state index contributed by atoms with van der Waals surface area (Å²) in [5.74, 6) is -0.840. The number of rotatable bonds is 4. The van der Waals surface area contributed by atoms with Gasteiger partial charge < -0.3 is 9.67 Å². The molecule has 0 aliphatic heterocycles. The highest BCUT2D eigenvalue weighted by molar-refractivity contribution is 6.05. The summed E-state index contributed by atoms with van der Waals surface area (Å²) in [6.07, 6.45) is 0.505. The first-order valence-electron chi connectivity index (χ1n) is 6.90. The molecule has 1 heterocycles. The number of pyridine rings is 1. The van der Waals surface area contributed by atoms with E-state index >= 15 is 0 Å². The van der Waals surface area contributed by atoms with Gasteiger partial charge in [0.15, 0.2) is 0 Å². The summed E-state index contributed by atoms with van der Waals surface area (Å²) in [5.41, 5.74) is 0.793. The quantitative estimate of drug-likeness (QED) is 0.748. The molecular weight excluding hydrogens is 266 g/mol. The van der Waals surface area contributed by atoms with Crippen LogP contribution < -0.4 is 5.56 Å². The molecule has 0 spiro atoms. The predicted octanol–water partition coefficient (Wildman–Crippen LogP) is 3.02. The molecule has 0 aliphatic carbocycles. The Morgan fingerprint density at radius 1 is 0.952 bits per heavy atom. The van der Waals surface area contributed by atoms with E-state index in [9.17, 15) is 9.59 Å². The highest BCUT2D eigenvalue weighted by Crippen LogP contribution is 2.22. The summed E-state index contributed by atoms with van der Waals surface area (Å²) in [7, 11) is 0. The van der Waals surface area contributed by atoms with Gasteiger partial charge in [-0.1, -0.05) is 36.4 Å². The highest BCUT2D eigenvalue weighted by atomic mass is 16.4. The van der Waals surface area contributed by atoms with Crippen molar-refractivity contribution in [2.75, 3.05) is 0 Å². The third-order valence-electron chi connectivity index (χ3n) is 3.66. The molecule has 2 aromatic carbocycles. The van der Waals surface area contributed by atoms with Crippen molar-refractivity contribution in [1.82, 2.24) is 4.57 Å². The monoisotopic (exact) mass is 281 g/mol. The molecule has 0 aliphatic rings. The molecule has 21 heavy (non-hydrogen) atoms. The number of hydrogen-bond donors (Lipinski definition) is 1. The zero-order chi connectivity index (χ0) is 14.8. The Hall–Kier alpha value is -2.62. The SMILES string of the molecule is O=C(O)CCCn1c(=O)c2ccccc2c2ccccc21. The van der Waals surface area contributed by atoms with Crippen LogP contribution in [0.4, 0.5) is 0 Å². The predicted molar refractivity (Wildman–Crippen MR) is 82.6 cm³/mol. The van der Waals surface area contributed by atoms with E-state index in [1.807, 2.05) is 48.5 Å². The lowest BCUT2D eigenvalue weighted by Crippen LogP contribution is -2.21. The Balaban J connectivity index is 2.23. The summed E-state index contributed by atoms with van der Waals surface area (Å²) in [6.45, 7) is 0.413. The van der Waals surface area contributed by atoms with E-state index in [-0.39, 0.29) is 12.0 Å². The van der Waals surface area contributed by atoms with Crippen LogP contribution in [0.3, 0.4) is 0 Å². The van der Waals surface area contributed by atoms with Gasteiger partial charge >= 0.3 is 5.97 Å². The van der Waals surface area contributed by atoms with Crippen LogP contribution in [-0.2, 0) is 11.3 Å². The van der Waals surface area contributed by atoms with E-state index in [1.54, 1.807) is 4.57 Å². The third-order valence-corrected chi connectivity index (χ3v) is 3.66. The lowest BCUT2D eigenvalue weighted by molar-refractivity contribution is -0.137. The maximum atomic E-state index is 12.6. The fourth-order valence-corrected chi connectivity index (χ4v) is 2.71. The Morgan fingerprint density at radius 2 is 1.57 bits per heavy atom. The average molecular weight is 281 g/mol. The van der Waals surface area contributed by atoms with Crippen molar-refractivity contribution >= 4 is 27.6 Å². The number of carbonyl (C=O) groups is 1. The third kappa shape index (κ3) is 2.40. The second-order valence-corrected chi connectivity index (χ2v) is 5.02. The van der Waals surface area contributed by atoms with Crippen molar-refractivity contribution in [2.45, 2.75) is 19.4 Å². The second kappa shape index (κ2) is 5.40. The van der Waals surface area contributed by atoms with Gasteiger partial charge in [0.2, 0.25) is 0 Å². The van der Waals surface area contributed by atoms with E-state index < -0.39 is 5.97 Å². The van der Waals surface area contributed by atoms with Crippen molar-refractivity contribution in [2.24, 2.45) is 0 Å². The fraction of sp³-hybridized carbons (Fsp3) is 0.176. The Morgan fingerprint density at radius 3 is 2.29 bits per heavy atom. The molecule has 0 saturated heterocycles. The number of carboxylic acid groups (broad SMARTS) is 1. The van der Waals surface area contributed by atoms with Crippen molar-refractivity contribution in [1.29, 1.82) is 0 Å². The lowest BCUT2D eigenvalue weighted by atomic mass is 10.1. The number of aromatic nitrogens is 1. The number of aliphatic carboxylic acids is 1. The van der Waals surface area contributed by atoms with Crippen molar-refractivity contribution in [3.8, 4) is 0 Å². The van der Waals surface area contributed by atoms with Crippen LogP contribution in [0.1, 0.15) is 12.8 Å². The molecule has 4 nitrogen and oxygen atoms in total. The lowest BCUT2D eigenvalue weighted by Gasteiger charge is -2.12. The smallest absolute Gasteiger partial charge is 0.303 e. The minimum absolute atomic E-state index is 0.0605. The summed E-state index contributed by atoms with van der Waals surface area (Å²) in [6, 6.07) is 15.3. The molecule has 3 rings (SSSR count). The van der Waals surface area contributed by atoms with Crippen molar-refractivity contribution < 1.29 is 9.90 Å². The van der Waals surface area contributed by atoms with E-state index in [4.69, 9.17) is 5.11 Å². The number of carboxylic acids is 1. The van der Waals surface area contributed by atoms with Gasteiger partial charge in [-0.15, -0.1) is 0 Å². The van der Waals surface area contributed by atoms with Gasteiger partial charge in [0.05, 0.1) is 5.52 Å². The number of para-hydroxylation sites is 1. The molecule has 0 atom stereocenters. The first-order chi connectivity index (χ1) is 10.2. The summed E-state index contributed by atoms with van der Waals surface area (Å²) in [5, 5.41) is 11.4. The molecule has 1 aromatic heterocycles. The number of fused-ring (bicyclic) bond motifs is 3. The summed E-state index contributed by atoms with van der Waals surface area (Å²) in [4.78, 5) is 23.3. The molecule has 1 N–H and O–H groups in total. The van der Waals surface area contributed by atoms with Gasteiger partial charge in [0.25, 0.3) is 5.56 Å². The van der Waals surface area contributed by atoms with Crippen LogP contribution in [0.15, 0.2) is 53.3 Å². The summed E-state index contributed by atoms with van der Waals surface area (Å²) >= 11 is 0. The van der Waals surface area contributed by atoms with Gasteiger partial charge in [0, 0.05) is 23.7 Å². The largest absolute Gasteiger partial charge is 0.481 e. The molecule has 0 saturated carbocycles. The Labute approximate surface area is 121 Å². The normalized spacial score (nSPS) is 11.0. The minimum atomic E-state index is -0.840. The van der Waals surface area contributed by atoms with Crippen molar-refractivity contribution in [3.63, 3.8) is 0 Å². The topological polar surface area (TPSA) is 59.3 Å². The molecule has 0 radical (unpaired) electrons. The maximum absolute atomic E-state index is 12.6. The molecule has 106 valence electrons. The van der Waals surface area contributed by atoms with Gasteiger partial charge in [0.1, 0.15) is 0 Å². The number of nitrogens with zero attached hydrogens (tertiary/aromatic N) is 1. The zero-order valence-electron chi connectivity index (χ0n) is 11.5. The van der Waals surface area contributed by atoms with Crippen LogP contribution in [0.5, 0.6) is 0 Å². The molecule has 0 unspecified atom stereocenters. The molecular formula is C17H15NO3. The standard InChI is InChI=1S/C17H15NO3/c19-16(20)10-5-11-18-15-9-4-3-7-13(15)12-6-1-2-8-14(12)17(18)21/h1-4,6-9H,5,10-11H2,(H,19,20). The molecule has 0 bridgehead atoms. The van der Waals surface area contributed by atoms with Gasteiger partial charge in [-0.2, -0.15) is 0 Å². The average Bonchev–Trinajstić information content (AvgIpc) is 2.50. The molecule has 0 fully saturated rings. The van der Waals surface area contributed by atoms with Gasteiger partial charge in [-0.25, -0.2) is 0 Å². The molecule has 0 amide bonds.